The number of nitrogens with one attached hydrogen (secondary N) is 1. The van der Waals surface area contributed by atoms with Crippen LogP contribution in [0.3, 0.4) is 0 Å². The standard InChI is InChI=1S/C28H41ClN4O3/c1-19-15-20(2)17-33(16-19)12-6-11-30-27(34)22-9-13-32(14-10-22)18-24-21(3)36-28(31-24)26-23(29)7-5-8-25(26)35-4/h5,7-8,19-20,22H,6,9-18H2,1-4H3,(H,30,34)/t19-,20+. The fourth-order valence-electron chi connectivity index (χ4n) is 5.76. The topological polar surface area (TPSA) is 70.8 Å². The van der Waals surface area contributed by atoms with Gasteiger partial charge in [-0.2, -0.15) is 0 Å². The molecular weight excluding hydrogens is 476 g/mol. The van der Waals surface area contributed by atoms with Crippen molar-refractivity contribution >= 4 is 17.5 Å². The first-order valence-corrected chi connectivity index (χ1v) is 13.7. The molecule has 1 N–H and O–H groups in total. The summed E-state index contributed by atoms with van der Waals surface area (Å²) in [6.45, 7) is 13.3. The van der Waals surface area contributed by atoms with Crippen LogP contribution < -0.4 is 10.1 Å². The van der Waals surface area contributed by atoms with Gasteiger partial charge in [0.15, 0.2) is 0 Å². The molecule has 0 saturated carbocycles. The van der Waals surface area contributed by atoms with E-state index < -0.39 is 0 Å². The maximum atomic E-state index is 12.7. The van der Waals surface area contributed by atoms with Crippen LogP contribution in [0.1, 0.15) is 51.0 Å². The summed E-state index contributed by atoms with van der Waals surface area (Å²) in [5, 5.41) is 3.74. The van der Waals surface area contributed by atoms with Crippen molar-refractivity contribution in [1.82, 2.24) is 20.1 Å². The van der Waals surface area contributed by atoms with Crippen molar-refractivity contribution in [3.8, 4) is 17.2 Å². The number of carbonyl (C=O) groups is 1. The number of rotatable bonds is 9. The van der Waals surface area contributed by atoms with Gasteiger partial charge in [0.2, 0.25) is 11.8 Å². The summed E-state index contributed by atoms with van der Waals surface area (Å²) in [5.41, 5.74) is 1.58. The van der Waals surface area contributed by atoms with Crippen LogP contribution in [0, 0.1) is 24.7 Å². The molecule has 1 aromatic heterocycles. The monoisotopic (exact) mass is 516 g/mol. The molecule has 0 bridgehead atoms. The van der Waals surface area contributed by atoms with Crippen molar-refractivity contribution in [3.63, 3.8) is 0 Å². The summed E-state index contributed by atoms with van der Waals surface area (Å²) >= 11 is 6.41. The number of hydrogen-bond acceptors (Lipinski definition) is 6. The Morgan fingerprint density at radius 3 is 2.61 bits per heavy atom. The van der Waals surface area contributed by atoms with E-state index in [1.54, 1.807) is 7.11 Å². The Morgan fingerprint density at radius 1 is 1.19 bits per heavy atom. The van der Waals surface area contributed by atoms with Crippen LogP contribution in [0.4, 0.5) is 0 Å². The van der Waals surface area contributed by atoms with Crippen LogP contribution in [0.5, 0.6) is 5.75 Å². The highest BCUT2D eigenvalue weighted by Gasteiger charge is 2.27. The number of ether oxygens (including phenoxy) is 1. The van der Waals surface area contributed by atoms with Crippen LogP contribution in [-0.4, -0.2) is 67.1 Å². The lowest BCUT2D eigenvalue weighted by molar-refractivity contribution is -0.126. The number of oxazole rings is 1. The van der Waals surface area contributed by atoms with Gasteiger partial charge < -0.3 is 19.4 Å². The molecule has 2 aromatic rings. The SMILES string of the molecule is COc1cccc(Cl)c1-c1nc(CN2CCC(C(=O)NCCCN3C[C@H](C)C[C@H](C)C3)CC2)c(C)o1. The molecule has 2 fully saturated rings. The van der Waals surface area contributed by atoms with E-state index in [0.717, 1.165) is 68.7 Å². The normalized spacial score (nSPS) is 22.0. The van der Waals surface area contributed by atoms with Crippen molar-refractivity contribution in [3.05, 3.63) is 34.7 Å². The molecule has 4 rings (SSSR count). The van der Waals surface area contributed by atoms with E-state index in [9.17, 15) is 4.79 Å². The Kier molecular flexibility index (Phi) is 9.31. The number of amides is 1. The zero-order valence-corrected chi connectivity index (χ0v) is 22.9. The molecule has 3 heterocycles. The summed E-state index contributed by atoms with van der Waals surface area (Å²) < 4.78 is 11.4. The Balaban J connectivity index is 1.21. The number of aromatic nitrogens is 1. The fraction of sp³-hybridized carbons (Fsp3) is 0.643. The number of benzene rings is 1. The summed E-state index contributed by atoms with van der Waals surface area (Å²) in [7, 11) is 1.61. The lowest BCUT2D eigenvalue weighted by Gasteiger charge is -2.35. The number of aryl methyl sites for hydroxylation is 1. The molecule has 0 unspecified atom stereocenters. The maximum Gasteiger partial charge on any atom is 0.231 e. The van der Waals surface area contributed by atoms with Gasteiger partial charge in [0, 0.05) is 32.1 Å². The summed E-state index contributed by atoms with van der Waals surface area (Å²) in [5.74, 6) is 3.76. The van der Waals surface area contributed by atoms with Gasteiger partial charge >= 0.3 is 0 Å². The Hall–Kier alpha value is -2.09. The maximum absolute atomic E-state index is 12.7. The van der Waals surface area contributed by atoms with Gasteiger partial charge in [-0.1, -0.05) is 31.5 Å². The van der Waals surface area contributed by atoms with Crippen LogP contribution in [-0.2, 0) is 11.3 Å². The minimum Gasteiger partial charge on any atom is -0.496 e. The Labute approximate surface area is 220 Å². The number of likely N-dealkylation sites (tertiary alicyclic amines) is 2. The zero-order valence-electron chi connectivity index (χ0n) is 22.2. The Morgan fingerprint density at radius 2 is 1.92 bits per heavy atom. The van der Waals surface area contributed by atoms with Gasteiger partial charge in [0.05, 0.1) is 23.4 Å². The third-order valence-electron chi connectivity index (χ3n) is 7.53. The predicted molar refractivity (Wildman–Crippen MR) is 143 cm³/mol. The quantitative estimate of drug-likeness (QED) is 0.472. The number of halogens is 1. The van der Waals surface area contributed by atoms with E-state index in [1.165, 1.54) is 19.5 Å². The molecule has 0 spiro atoms. The van der Waals surface area contributed by atoms with Gasteiger partial charge in [-0.05, 0) is 76.2 Å². The number of carbonyl (C=O) groups excluding carboxylic acids is 1. The van der Waals surface area contributed by atoms with Crippen molar-refractivity contribution in [2.45, 2.75) is 53.0 Å². The van der Waals surface area contributed by atoms with Crippen molar-refractivity contribution in [2.75, 3.05) is 46.4 Å². The molecule has 8 heteroatoms. The first-order valence-electron chi connectivity index (χ1n) is 13.4. The lowest BCUT2D eigenvalue weighted by Crippen LogP contribution is -2.42. The molecule has 198 valence electrons. The first kappa shape index (κ1) is 27.0. The number of hydrogen-bond donors (Lipinski definition) is 1. The average molecular weight is 517 g/mol. The van der Waals surface area contributed by atoms with Crippen LogP contribution >= 0.6 is 11.6 Å². The second-order valence-corrected chi connectivity index (χ2v) is 11.1. The molecule has 36 heavy (non-hydrogen) atoms. The number of nitrogens with zero attached hydrogens (tertiary/aromatic N) is 3. The van der Waals surface area contributed by atoms with Crippen molar-refractivity contribution < 1.29 is 13.9 Å². The van der Waals surface area contributed by atoms with E-state index in [-0.39, 0.29) is 11.8 Å². The van der Waals surface area contributed by atoms with E-state index in [2.05, 4.69) is 29.0 Å². The molecule has 2 atom stereocenters. The highest BCUT2D eigenvalue weighted by Crippen LogP contribution is 2.37. The smallest absolute Gasteiger partial charge is 0.231 e. The minimum atomic E-state index is 0.0950. The van der Waals surface area contributed by atoms with Gasteiger partial charge in [0.25, 0.3) is 0 Å². The summed E-state index contributed by atoms with van der Waals surface area (Å²) in [6.07, 6.45) is 4.09. The molecule has 1 aromatic carbocycles. The third-order valence-corrected chi connectivity index (χ3v) is 7.84. The van der Waals surface area contributed by atoms with E-state index in [4.69, 9.17) is 25.7 Å². The lowest BCUT2D eigenvalue weighted by atomic mass is 9.92. The van der Waals surface area contributed by atoms with E-state index >= 15 is 0 Å². The molecule has 0 aliphatic carbocycles. The largest absolute Gasteiger partial charge is 0.496 e. The molecule has 7 nitrogen and oxygen atoms in total. The fourth-order valence-corrected chi connectivity index (χ4v) is 6.01. The second-order valence-electron chi connectivity index (χ2n) is 10.7. The average Bonchev–Trinajstić information content (AvgIpc) is 3.20. The Bertz CT molecular complexity index is 1010. The number of piperidine rings is 2. The molecule has 2 saturated heterocycles. The molecule has 2 aliphatic rings. The summed E-state index contributed by atoms with van der Waals surface area (Å²) in [6, 6.07) is 5.51. The molecule has 0 radical (unpaired) electrons. The molecule has 2 aliphatic heterocycles. The predicted octanol–water partition coefficient (Wildman–Crippen LogP) is 5.01. The number of methoxy groups -OCH3 is 1. The van der Waals surface area contributed by atoms with Crippen LogP contribution in [0.15, 0.2) is 22.6 Å². The first-order chi connectivity index (χ1) is 17.3. The highest BCUT2D eigenvalue weighted by atomic mass is 35.5. The van der Waals surface area contributed by atoms with Gasteiger partial charge in [-0.15, -0.1) is 0 Å². The second kappa shape index (κ2) is 12.4. The van der Waals surface area contributed by atoms with Crippen LogP contribution in [0.25, 0.3) is 11.5 Å². The van der Waals surface area contributed by atoms with Crippen molar-refractivity contribution in [2.24, 2.45) is 17.8 Å². The zero-order chi connectivity index (χ0) is 25.7. The highest BCUT2D eigenvalue weighted by molar-refractivity contribution is 6.33. The molecule has 1 amide bonds. The van der Waals surface area contributed by atoms with Gasteiger partial charge in [0.1, 0.15) is 11.5 Å². The van der Waals surface area contributed by atoms with E-state index in [0.29, 0.717) is 28.8 Å². The minimum absolute atomic E-state index is 0.0950. The van der Waals surface area contributed by atoms with E-state index in [1.807, 2.05) is 25.1 Å². The third kappa shape index (κ3) is 6.81. The van der Waals surface area contributed by atoms with Crippen molar-refractivity contribution in [1.29, 1.82) is 0 Å². The van der Waals surface area contributed by atoms with Gasteiger partial charge in [-0.25, -0.2) is 4.98 Å². The van der Waals surface area contributed by atoms with Crippen LogP contribution in [0.2, 0.25) is 5.02 Å². The molecular formula is C28H41ClN4O3. The van der Waals surface area contributed by atoms with Gasteiger partial charge in [-0.3, -0.25) is 9.69 Å². The summed E-state index contributed by atoms with van der Waals surface area (Å²) in [4.78, 5) is 22.4.